The molecule has 0 spiro atoms. The summed E-state index contributed by atoms with van der Waals surface area (Å²) in [6.07, 6.45) is 1.74. The lowest BCUT2D eigenvalue weighted by molar-refractivity contribution is 0.197. The van der Waals surface area contributed by atoms with Gasteiger partial charge in [-0.2, -0.15) is 44.9 Å². The number of halogens is 3. The number of aromatic nitrogens is 9. The van der Waals surface area contributed by atoms with Crippen LogP contribution in [0.1, 0.15) is 47.5 Å². The minimum absolute atomic E-state index is 0.165. The van der Waals surface area contributed by atoms with Crippen molar-refractivity contribution < 1.29 is 9.47 Å². The normalized spacial score (nSPS) is 10.2. The molecule has 46 heavy (non-hydrogen) atoms. The van der Waals surface area contributed by atoms with Crippen molar-refractivity contribution in [2.45, 2.75) is 53.5 Å². The van der Waals surface area contributed by atoms with E-state index in [1.807, 2.05) is 34.6 Å². The van der Waals surface area contributed by atoms with E-state index in [-0.39, 0.29) is 21.9 Å². The van der Waals surface area contributed by atoms with E-state index in [0.717, 1.165) is 45.6 Å². The highest BCUT2D eigenvalue weighted by Crippen LogP contribution is 2.11. The van der Waals surface area contributed by atoms with E-state index in [0.29, 0.717) is 48.9 Å². The summed E-state index contributed by atoms with van der Waals surface area (Å²) in [5.74, 6) is 2.92. The Bertz CT molecular complexity index is 1190. The quantitative estimate of drug-likeness (QED) is 0.100. The van der Waals surface area contributed by atoms with E-state index in [1.54, 1.807) is 14.2 Å². The van der Waals surface area contributed by atoms with Crippen LogP contribution in [0.3, 0.4) is 0 Å². The molecule has 0 bridgehead atoms. The molecule has 0 amide bonds. The Labute approximate surface area is 285 Å². The lowest BCUT2D eigenvalue weighted by Crippen LogP contribution is -2.14. The molecule has 0 saturated carbocycles. The molecule has 20 heteroatoms. The molecule has 0 atom stereocenters. The molecular formula is C26H46Cl3N15O2. The van der Waals surface area contributed by atoms with Crippen molar-refractivity contribution >= 4 is 70.5 Å². The summed E-state index contributed by atoms with van der Waals surface area (Å²) in [7, 11) is 3.34. The Morgan fingerprint density at radius 3 is 1.11 bits per heavy atom. The van der Waals surface area contributed by atoms with Gasteiger partial charge in [0.15, 0.2) is 0 Å². The molecule has 3 aromatic rings. The van der Waals surface area contributed by atoms with E-state index in [1.165, 1.54) is 0 Å². The molecule has 0 fully saturated rings. The van der Waals surface area contributed by atoms with Crippen LogP contribution in [0.15, 0.2) is 0 Å². The molecule has 0 unspecified atom stereocenters. The van der Waals surface area contributed by atoms with Gasteiger partial charge in [-0.15, -0.1) is 0 Å². The zero-order valence-corrected chi connectivity index (χ0v) is 29.7. The molecule has 0 aliphatic heterocycles. The number of rotatable bonds is 18. The highest BCUT2D eigenvalue weighted by atomic mass is 35.5. The van der Waals surface area contributed by atoms with Crippen LogP contribution in [0.4, 0.5) is 35.7 Å². The molecule has 0 aliphatic carbocycles. The number of nitrogens with one attached hydrogen (secondary N) is 6. The maximum absolute atomic E-state index is 5.84. The summed E-state index contributed by atoms with van der Waals surface area (Å²) in [6.45, 7) is 15.0. The molecule has 0 aromatic carbocycles. The molecule has 0 saturated heterocycles. The van der Waals surface area contributed by atoms with E-state index in [2.05, 4.69) is 76.8 Å². The predicted octanol–water partition coefficient (Wildman–Crippen LogP) is 4.59. The van der Waals surface area contributed by atoms with Crippen molar-refractivity contribution in [1.82, 2.24) is 44.9 Å². The maximum atomic E-state index is 5.84. The van der Waals surface area contributed by atoms with E-state index >= 15 is 0 Å². The van der Waals surface area contributed by atoms with Crippen LogP contribution in [-0.4, -0.2) is 111 Å². The first-order valence-electron chi connectivity index (χ1n) is 14.8. The fraction of sp³-hybridized carbons (Fsp3) is 0.654. The van der Waals surface area contributed by atoms with Gasteiger partial charge in [-0.25, -0.2) is 0 Å². The molecule has 3 heterocycles. The first-order chi connectivity index (χ1) is 22.1. The Balaban J connectivity index is 0.000000353. The summed E-state index contributed by atoms with van der Waals surface area (Å²) in [5.41, 5.74) is 0. The number of nitrogens with zero attached hydrogens (tertiary/aromatic N) is 9. The van der Waals surface area contributed by atoms with Gasteiger partial charge in [-0.05, 0) is 82.3 Å². The van der Waals surface area contributed by atoms with Gasteiger partial charge < -0.3 is 41.4 Å². The lowest BCUT2D eigenvalue weighted by Gasteiger charge is -2.09. The second-order valence-corrected chi connectivity index (χ2v) is 10.2. The van der Waals surface area contributed by atoms with Gasteiger partial charge in [0.2, 0.25) is 51.5 Å². The standard InChI is InChI=1S/C11H20ClN5O2.C8H14ClN5.C7H12ClN5/c1-18-7-3-5-13-10-15-9(12)16-11(17-10)14-6-4-8-19-2;1-4-10-7-12-6(9)13-8(14-7)11-5(2)3;1-3-9-6-11-5(8)12-7(13-6)10-4-2/h3-8H2,1-2H3,(H2,13,14,15,16,17);5H,4H2,1-3H3,(H2,10,11,12,13,14);3-4H2,1-2H3,(H2,9,10,11,12,13). The molecule has 0 radical (unpaired) electrons. The maximum Gasteiger partial charge on any atom is 0.228 e. The van der Waals surface area contributed by atoms with Gasteiger partial charge in [0.25, 0.3) is 0 Å². The summed E-state index contributed by atoms with van der Waals surface area (Å²) in [6, 6.07) is 0.267. The Hall–Kier alpha value is -3.38. The Kier molecular flexibility index (Phi) is 21.9. The Morgan fingerprint density at radius 2 is 0.804 bits per heavy atom. The van der Waals surface area contributed by atoms with Crippen molar-refractivity contribution in [3.8, 4) is 0 Å². The number of anilines is 6. The van der Waals surface area contributed by atoms with Crippen molar-refractivity contribution in [3.63, 3.8) is 0 Å². The summed E-state index contributed by atoms with van der Waals surface area (Å²) < 4.78 is 9.92. The largest absolute Gasteiger partial charge is 0.385 e. The number of ether oxygens (including phenoxy) is 2. The van der Waals surface area contributed by atoms with E-state index in [4.69, 9.17) is 44.3 Å². The highest BCUT2D eigenvalue weighted by Gasteiger charge is 2.06. The first-order valence-corrected chi connectivity index (χ1v) is 16.0. The highest BCUT2D eigenvalue weighted by molar-refractivity contribution is 6.29. The minimum Gasteiger partial charge on any atom is -0.385 e. The second-order valence-electron chi connectivity index (χ2n) is 9.19. The van der Waals surface area contributed by atoms with Crippen molar-refractivity contribution in [1.29, 1.82) is 0 Å². The van der Waals surface area contributed by atoms with Crippen LogP contribution in [0, 0.1) is 0 Å². The van der Waals surface area contributed by atoms with Gasteiger partial charge >= 0.3 is 0 Å². The van der Waals surface area contributed by atoms with Crippen LogP contribution in [-0.2, 0) is 9.47 Å². The molecule has 17 nitrogen and oxygen atoms in total. The van der Waals surface area contributed by atoms with E-state index < -0.39 is 0 Å². The average Bonchev–Trinajstić information content (AvgIpc) is 2.98. The number of methoxy groups -OCH3 is 2. The molecular weight excluding hydrogens is 661 g/mol. The summed E-state index contributed by atoms with van der Waals surface area (Å²) in [4.78, 5) is 36.1. The third-order valence-corrected chi connectivity index (χ3v) is 5.37. The molecule has 6 N–H and O–H groups in total. The summed E-state index contributed by atoms with van der Waals surface area (Å²) in [5, 5.41) is 18.7. The fourth-order valence-corrected chi connectivity index (χ4v) is 3.56. The third-order valence-electron chi connectivity index (χ3n) is 4.86. The molecule has 258 valence electrons. The van der Waals surface area contributed by atoms with Gasteiger partial charge in [-0.3, -0.25) is 0 Å². The average molecular weight is 707 g/mol. The number of hydrogen-bond acceptors (Lipinski definition) is 17. The van der Waals surface area contributed by atoms with Crippen LogP contribution >= 0.6 is 34.8 Å². The van der Waals surface area contributed by atoms with Gasteiger partial charge in [0.1, 0.15) is 0 Å². The van der Waals surface area contributed by atoms with Gasteiger partial charge in [0.05, 0.1) is 0 Å². The Morgan fingerprint density at radius 1 is 0.500 bits per heavy atom. The van der Waals surface area contributed by atoms with Gasteiger partial charge in [-0.1, -0.05) is 0 Å². The fourth-order valence-electron chi connectivity index (χ4n) is 3.08. The van der Waals surface area contributed by atoms with Crippen molar-refractivity contribution in [2.75, 3.05) is 92.1 Å². The zero-order valence-electron chi connectivity index (χ0n) is 27.4. The van der Waals surface area contributed by atoms with Crippen molar-refractivity contribution in [2.24, 2.45) is 0 Å². The monoisotopic (exact) mass is 705 g/mol. The zero-order chi connectivity index (χ0) is 34.2. The van der Waals surface area contributed by atoms with Crippen LogP contribution in [0.5, 0.6) is 0 Å². The topological polar surface area (TPSA) is 207 Å². The van der Waals surface area contributed by atoms with Crippen molar-refractivity contribution in [3.05, 3.63) is 15.9 Å². The smallest absolute Gasteiger partial charge is 0.228 e. The molecule has 3 rings (SSSR count). The van der Waals surface area contributed by atoms with Crippen LogP contribution < -0.4 is 31.9 Å². The first kappa shape index (κ1) is 40.6. The predicted molar refractivity (Wildman–Crippen MR) is 186 cm³/mol. The van der Waals surface area contributed by atoms with E-state index in [9.17, 15) is 0 Å². The molecule has 3 aromatic heterocycles. The minimum atomic E-state index is 0.165. The lowest BCUT2D eigenvalue weighted by atomic mass is 10.4. The number of hydrogen-bond donors (Lipinski definition) is 6. The van der Waals surface area contributed by atoms with Gasteiger partial charge in [0, 0.05) is 66.2 Å². The molecule has 0 aliphatic rings. The second kappa shape index (κ2) is 24.8. The summed E-state index contributed by atoms with van der Waals surface area (Å²) >= 11 is 17.2. The van der Waals surface area contributed by atoms with Crippen LogP contribution in [0.2, 0.25) is 15.9 Å². The third kappa shape index (κ3) is 19.2. The SMILES string of the molecule is CCNc1nc(Cl)nc(NC(C)C)n1.CCNc1nc(Cl)nc(NCC)n1.COCCCNc1nc(Cl)nc(NCCCOC)n1. The van der Waals surface area contributed by atoms with Crippen LogP contribution in [0.25, 0.3) is 0 Å².